The number of hydrogen-bond acceptors (Lipinski definition) is 1. The van der Waals surface area contributed by atoms with Gasteiger partial charge < -0.3 is 5.11 Å². The minimum absolute atomic E-state index is 0. The first-order valence-electron chi connectivity index (χ1n) is 4.86. The monoisotopic (exact) mass is 227 g/mol. The van der Waals surface area contributed by atoms with Gasteiger partial charge in [0.05, 0.1) is 5.41 Å². The van der Waals surface area contributed by atoms with Gasteiger partial charge in [-0.2, -0.15) is 0 Å². The Morgan fingerprint density at radius 3 is 1.92 bits per heavy atom. The second-order valence-electron chi connectivity index (χ2n) is 3.40. The molecule has 2 nitrogen and oxygen atoms in total. The number of aliphatic carboxylic acids is 1. The Morgan fingerprint density at radius 2 is 1.69 bits per heavy atom. The van der Waals surface area contributed by atoms with Crippen LogP contribution in [0.3, 0.4) is 0 Å². The summed E-state index contributed by atoms with van der Waals surface area (Å²) in [7, 11) is 0. The van der Waals surface area contributed by atoms with E-state index in [-0.39, 0.29) is 17.1 Å². The van der Waals surface area contributed by atoms with E-state index in [9.17, 15) is 4.79 Å². The Balaban J connectivity index is 0. The molecule has 0 saturated heterocycles. The third-order valence-corrected chi connectivity index (χ3v) is 2.82. The molecule has 0 aliphatic carbocycles. The molecule has 0 aliphatic heterocycles. The van der Waals surface area contributed by atoms with Crippen molar-refractivity contribution in [2.24, 2.45) is 5.41 Å². The molecule has 0 saturated carbocycles. The fraction of sp³-hybridized carbons (Fsp3) is 0.900. The summed E-state index contributed by atoms with van der Waals surface area (Å²) in [5.41, 5.74) is -0.448. The van der Waals surface area contributed by atoms with E-state index in [2.05, 4.69) is 6.92 Å². The third-order valence-electron chi connectivity index (χ3n) is 2.82. The van der Waals surface area contributed by atoms with E-state index in [4.69, 9.17) is 5.11 Å². The van der Waals surface area contributed by atoms with Crippen molar-refractivity contribution in [3.63, 3.8) is 0 Å². The van der Waals surface area contributed by atoms with Crippen LogP contribution in [0.5, 0.6) is 0 Å². The maximum Gasteiger partial charge on any atom is 0.309 e. The van der Waals surface area contributed by atoms with Gasteiger partial charge in [0, 0.05) is 17.1 Å². The van der Waals surface area contributed by atoms with Crippen LogP contribution >= 0.6 is 0 Å². The minimum Gasteiger partial charge on any atom is -0.481 e. The summed E-state index contributed by atoms with van der Waals surface area (Å²) in [4.78, 5) is 11.0. The smallest absolute Gasteiger partial charge is 0.309 e. The van der Waals surface area contributed by atoms with Crippen molar-refractivity contribution in [1.29, 1.82) is 0 Å². The normalized spacial score (nSPS) is 10.7. The largest absolute Gasteiger partial charge is 0.481 e. The van der Waals surface area contributed by atoms with Gasteiger partial charge in [0.15, 0.2) is 0 Å². The van der Waals surface area contributed by atoms with Gasteiger partial charge in [0.2, 0.25) is 0 Å². The molecule has 0 aromatic heterocycles. The number of unbranched alkanes of at least 4 members (excludes halogenated alkanes) is 1. The quantitative estimate of drug-likeness (QED) is 0.708. The Kier molecular flexibility index (Phi) is 8.80. The van der Waals surface area contributed by atoms with E-state index in [1.54, 1.807) is 0 Å². The number of hydrogen-bond donors (Lipinski definition) is 1. The molecule has 0 aromatic rings. The zero-order chi connectivity index (χ0) is 9.61. The average Bonchev–Trinajstić information content (AvgIpc) is 2.07. The second kappa shape index (κ2) is 7.40. The first-order chi connectivity index (χ1) is 5.63. The van der Waals surface area contributed by atoms with Crippen LogP contribution in [0.4, 0.5) is 0 Å². The summed E-state index contributed by atoms with van der Waals surface area (Å²) in [6.45, 7) is 6.03. The van der Waals surface area contributed by atoms with Crippen LogP contribution in [-0.2, 0) is 21.9 Å². The predicted octanol–water partition coefficient (Wildman–Crippen LogP) is 3.07. The maximum atomic E-state index is 11.0. The van der Waals surface area contributed by atoms with Gasteiger partial charge in [-0.1, -0.05) is 33.6 Å². The molecule has 0 heterocycles. The van der Waals surface area contributed by atoms with E-state index in [0.29, 0.717) is 0 Å². The first kappa shape index (κ1) is 15.5. The summed E-state index contributed by atoms with van der Waals surface area (Å²) >= 11 is 0. The number of carboxylic acids is 1. The van der Waals surface area contributed by atoms with E-state index < -0.39 is 11.4 Å². The zero-order valence-electron chi connectivity index (χ0n) is 8.77. The molecule has 1 N–H and O–H groups in total. The molecule has 79 valence electrons. The molecule has 3 heteroatoms. The van der Waals surface area contributed by atoms with Crippen molar-refractivity contribution < 1.29 is 27.0 Å². The summed E-state index contributed by atoms with van der Waals surface area (Å²) in [6, 6.07) is 0. The van der Waals surface area contributed by atoms with Crippen LogP contribution < -0.4 is 0 Å². The van der Waals surface area contributed by atoms with Crippen LogP contribution in [0, 0.1) is 5.41 Å². The van der Waals surface area contributed by atoms with Crippen LogP contribution in [-0.4, -0.2) is 11.1 Å². The fourth-order valence-electron chi connectivity index (χ4n) is 1.53. The zero-order valence-corrected chi connectivity index (χ0v) is 9.95. The molecule has 0 atom stereocenters. The number of rotatable bonds is 6. The molecular weight excluding hydrogens is 207 g/mol. The molecule has 0 spiro atoms. The van der Waals surface area contributed by atoms with Crippen molar-refractivity contribution in [3.05, 3.63) is 0 Å². The standard InChI is InChI=1S/C10H20O2.Mn/c1-4-7-8-10(5-2,6-3)9(11)12;/h4-8H2,1-3H3,(H,11,12);. The summed E-state index contributed by atoms with van der Waals surface area (Å²) in [5, 5.41) is 9.05. The van der Waals surface area contributed by atoms with Crippen molar-refractivity contribution >= 4 is 5.97 Å². The third kappa shape index (κ3) is 4.15. The van der Waals surface area contributed by atoms with E-state index >= 15 is 0 Å². The van der Waals surface area contributed by atoms with E-state index in [0.717, 1.165) is 32.1 Å². The van der Waals surface area contributed by atoms with Gasteiger partial charge in [-0.25, -0.2) is 0 Å². The van der Waals surface area contributed by atoms with Gasteiger partial charge in [-0.3, -0.25) is 4.79 Å². The molecular formula is C10H20MnO2. The Hall–Kier alpha value is -0.0105. The average molecular weight is 227 g/mol. The van der Waals surface area contributed by atoms with Gasteiger partial charge in [-0.05, 0) is 19.3 Å². The second-order valence-corrected chi connectivity index (χ2v) is 3.40. The van der Waals surface area contributed by atoms with Crippen molar-refractivity contribution in [2.75, 3.05) is 0 Å². The Labute approximate surface area is 91.6 Å². The first-order valence-corrected chi connectivity index (χ1v) is 4.86. The van der Waals surface area contributed by atoms with Gasteiger partial charge in [-0.15, -0.1) is 0 Å². The molecule has 0 amide bonds. The molecule has 0 bridgehead atoms. The SMILES string of the molecule is CCCCC(CC)(CC)C(=O)O.[Mn]. The fourth-order valence-corrected chi connectivity index (χ4v) is 1.53. The molecule has 0 rings (SSSR count). The minimum atomic E-state index is -0.624. The number of carbonyl (C=O) groups is 1. The topological polar surface area (TPSA) is 37.3 Å². The summed E-state index contributed by atoms with van der Waals surface area (Å²) in [6.07, 6.45) is 4.42. The molecule has 0 unspecified atom stereocenters. The molecule has 0 aromatic carbocycles. The maximum absolute atomic E-state index is 11.0. The summed E-state index contributed by atoms with van der Waals surface area (Å²) in [5.74, 6) is -0.624. The van der Waals surface area contributed by atoms with Crippen LogP contribution in [0.15, 0.2) is 0 Å². The molecule has 13 heavy (non-hydrogen) atoms. The van der Waals surface area contributed by atoms with E-state index in [1.807, 2.05) is 13.8 Å². The number of carboxylic acid groups (broad SMARTS) is 1. The summed E-state index contributed by atoms with van der Waals surface area (Å²) < 4.78 is 0. The van der Waals surface area contributed by atoms with Crippen LogP contribution in [0.2, 0.25) is 0 Å². The van der Waals surface area contributed by atoms with Crippen molar-refractivity contribution in [3.8, 4) is 0 Å². The predicted molar refractivity (Wildman–Crippen MR) is 50.2 cm³/mol. The van der Waals surface area contributed by atoms with Crippen molar-refractivity contribution in [1.82, 2.24) is 0 Å². The Morgan fingerprint density at radius 1 is 1.23 bits per heavy atom. The van der Waals surface area contributed by atoms with Crippen LogP contribution in [0.25, 0.3) is 0 Å². The van der Waals surface area contributed by atoms with Gasteiger partial charge >= 0.3 is 5.97 Å². The van der Waals surface area contributed by atoms with E-state index in [1.165, 1.54) is 0 Å². The Bertz CT molecular complexity index is 142. The molecule has 0 fully saturated rings. The van der Waals surface area contributed by atoms with Crippen molar-refractivity contribution in [2.45, 2.75) is 52.9 Å². The van der Waals surface area contributed by atoms with Gasteiger partial charge in [0.25, 0.3) is 0 Å². The molecule has 1 radical (unpaired) electrons. The van der Waals surface area contributed by atoms with Crippen LogP contribution in [0.1, 0.15) is 52.9 Å². The molecule has 0 aliphatic rings. The van der Waals surface area contributed by atoms with Gasteiger partial charge in [0.1, 0.15) is 0 Å².